The van der Waals surface area contributed by atoms with Crippen LogP contribution in [0.15, 0.2) is 24.3 Å². The average Bonchev–Trinajstić information content (AvgIpc) is 2.17. The fourth-order valence-electron chi connectivity index (χ4n) is 1.53. The molecule has 0 amide bonds. The van der Waals surface area contributed by atoms with Crippen LogP contribution in [-0.2, 0) is 11.2 Å². The van der Waals surface area contributed by atoms with Crippen molar-refractivity contribution in [3.8, 4) is 0 Å². The lowest BCUT2D eigenvalue weighted by Gasteiger charge is -2.13. The van der Waals surface area contributed by atoms with Crippen LogP contribution in [0.5, 0.6) is 0 Å². The summed E-state index contributed by atoms with van der Waals surface area (Å²) in [7, 11) is 4.07. The largest absolute Gasteiger partial charge is 0.378 e. The van der Waals surface area contributed by atoms with E-state index in [9.17, 15) is 4.79 Å². The summed E-state index contributed by atoms with van der Waals surface area (Å²) in [4.78, 5) is 12.9. The van der Waals surface area contributed by atoms with E-state index in [-0.39, 0.29) is 5.78 Å². The van der Waals surface area contributed by atoms with Gasteiger partial charge in [0.2, 0.25) is 0 Å². The highest BCUT2D eigenvalue weighted by Gasteiger charge is 1.99. The second-order valence-electron chi connectivity index (χ2n) is 4.12. The molecule has 15 heavy (non-hydrogen) atoms. The Hall–Kier alpha value is -1.31. The van der Waals surface area contributed by atoms with Crippen LogP contribution in [0.1, 0.15) is 25.3 Å². The van der Waals surface area contributed by atoms with Crippen molar-refractivity contribution in [3.63, 3.8) is 0 Å². The molecule has 2 heteroatoms. The minimum absolute atomic E-state index is 0.277. The molecule has 1 rings (SSSR count). The SMILES string of the molecule is CC(=O)CCCc1cccc(N(C)C)c1. The first-order valence-corrected chi connectivity index (χ1v) is 5.35. The zero-order chi connectivity index (χ0) is 11.3. The van der Waals surface area contributed by atoms with Crippen LogP contribution in [-0.4, -0.2) is 19.9 Å². The van der Waals surface area contributed by atoms with Gasteiger partial charge in [0.05, 0.1) is 0 Å². The van der Waals surface area contributed by atoms with E-state index in [2.05, 4.69) is 29.2 Å². The van der Waals surface area contributed by atoms with E-state index in [0.29, 0.717) is 6.42 Å². The van der Waals surface area contributed by atoms with Gasteiger partial charge >= 0.3 is 0 Å². The summed E-state index contributed by atoms with van der Waals surface area (Å²) in [6.45, 7) is 1.65. The zero-order valence-electron chi connectivity index (χ0n) is 9.79. The van der Waals surface area contributed by atoms with E-state index in [1.807, 2.05) is 14.1 Å². The summed E-state index contributed by atoms with van der Waals surface area (Å²) in [6, 6.07) is 8.46. The Morgan fingerprint density at radius 3 is 2.67 bits per heavy atom. The molecule has 2 nitrogen and oxygen atoms in total. The van der Waals surface area contributed by atoms with Crippen LogP contribution in [0.2, 0.25) is 0 Å². The number of hydrogen-bond acceptors (Lipinski definition) is 2. The van der Waals surface area contributed by atoms with Crippen LogP contribution in [0.3, 0.4) is 0 Å². The molecule has 1 aromatic carbocycles. The number of nitrogens with zero attached hydrogens (tertiary/aromatic N) is 1. The summed E-state index contributed by atoms with van der Waals surface area (Å²) in [5.74, 6) is 0.277. The predicted octanol–water partition coefficient (Wildman–Crippen LogP) is 2.66. The Kier molecular flexibility index (Phi) is 4.35. The van der Waals surface area contributed by atoms with Gasteiger partial charge in [-0.1, -0.05) is 12.1 Å². The first-order chi connectivity index (χ1) is 7.09. The number of hydrogen-bond donors (Lipinski definition) is 0. The lowest BCUT2D eigenvalue weighted by molar-refractivity contribution is -0.117. The Morgan fingerprint density at radius 2 is 2.07 bits per heavy atom. The number of ketones is 1. The molecule has 0 radical (unpaired) electrons. The Balaban J connectivity index is 2.54. The zero-order valence-corrected chi connectivity index (χ0v) is 9.79. The van der Waals surface area contributed by atoms with E-state index in [1.165, 1.54) is 11.3 Å². The van der Waals surface area contributed by atoms with Crippen LogP contribution in [0.4, 0.5) is 5.69 Å². The Morgan fingerprint density at radius 1 is 1.33 bits per heavy atom. The molecule has 0 unspecified atom stereocenters. The maximum absolute atomic E-state index is 10.8. The van der Waals surface area contributed by atoms with Gasteiger partial charge in [-0.25, -0.2) is 0 Å². The molecule has 0 aromatic heterocycles. The number of aryl methyl sites for hydroxylation is 1. The molecule has 0 aliphatic carbocycles. The van der Waals surface area contributed by atoms with Gasteiger partial charge in [0.1, 0.15) is 5.78 Å². The van der Waals surface area contributed by atoms with Crippen molar-refractivity contribution in [2.75, 3.05) is 19.0 Å². The lowest BCUT2D eigenvalue weighted by Crippen LogP contribution is -2.08. The fourth-order valence-corrected chi connectivity index (χ4v) is 1.53. The number of rotatable bonds is 5. The average molecular weight is 205 g/mol. The standard InChI is InChI=1S/C13H19NO/c1-11(15)6-4-7-12-8-5-9-13(10-12)14(2)3/h5,8-10H,4,6-7H2,1-3H3. The van der Waals surface area contributed by atoms with E-state index in [1.54, 1.807) is 6.92 Å². The molecule has 0 N–H and O–H groups in total. The highest BCUT2D eigenvalue weighted by Crippen LogP contribution is 2.15. The molecule has 0 bridgehead atoms. The molecule has 0 saturated carbocycles. The lowest BCUT2D eigenvalue weighted by atomic mass is 10.1. The van der Waals surface area contributed by atoms with Crippen molar-refractivity contribution >= 4 is 11.5 Å². The number of benzene rings is 1. The van der Waals surface area contributed by atoms with Crippen molar-refractivity contribution in [1.82, 2.24) is 0 Å². The third-order valence-electron chi connectivity index (χ3n) is 2.42. The van der Waals surface area contributed by atoms with E-state index < -0.39 is 0 Å². The summed E-state index contributed by atoms with van der Waals surface area (Å²) in [6.07, 6.45) is 2.62. The molecule has 82 valence electrons. The first kappa shape index (κ1) is 11.8. The van der Waals surface area contributed by atoms with Gasteiger partial charge in [-0.15, -0.1) is 0 Å². The number of anilines is 1. The number of carbonyl (C=O) groups excluding carboxylic acids is 1. The highest BCUT2D eigenvalue weighted by atomic mass is 16.1. The fraction of sp³-hybridized carbons (Fsp3) is 0.462. The summed E-state index contributed by atoms with van der Waals surface area (Å²) >= 11 is 0. The minimum Gasteiger partial charge on any atom is -0.378 e. The summed E-state index contributed by atoms with van der Waals surface area (Å²) in [5, 5.41) is 0. The van der Waals surface area contributed by atoms with Gasteiger partial charge in [0, 0.05) is 26.2 Å². The van der Waals surface area contributed by atoms with E-state index in [0.717, 1.165) is 12.8 Å². The quantitative estimate of drug-likeness (QED) is 0.736. The third kappa shape index (κ3) is 4.15. The maximum atomic E-state index is 10.8. The van der Waals surface area contributed by atoms with E-state index >= 15 is 0 Å². The molecule has 0 atom stereocenters. The minimum atomic E-state index is 0.277. The maximum Gasteiger partial charge on any atom is 0.129 e. The van der Waals surface area contributed by atoms with Crippen LogP contribution in [0.25, 0.3) is 0 Å². The molecular weight excluding hydrogens is 186 g/mol. The van der Waals surface area contributed by atoms with Gasteiger partial charge in [-0.2, -0.15) is 0 Å². The molecule has 0 spiro atoms. The van der Waals surface area contributed by atoms with Gasteiger partial charge in [0.15, 0.2) is 0 Å². The van der Waals surface area contributed by atoms with Crippen molar-refractivity contribution in [1.29, 1.82) is 0 Å². The Labute approximate surface area is 91.9 Å². The van der Waals surface area contributed by atoms with Gasteiger partial charge in [-0.3, -0.25) is 0 Å². The van der Waals surface area contributed by atoms with Crippen molar-refractivity contribution in [2.24, 2.45) is 0 Å². The molecule has 0 fully saturated rings. The van der Waals surface area contributed by atoms with Crippen LogP contribution in [0, 0.1) is 0 Å². The summed E-state index contributed by atoms with van der Waals surface area (Å²) in [5.41, 5.74) is 2.53. The van der Waals surface area contributed by atoms with Gasteiger partial charge < -0.3 is 9.69 Å². The van der Waals surface area contributed by atoms with Crippen LogP contribution >= 0.6 is 0 Å². The smallest absolute Gasteiger partial charge is 0.129 e. The molecule has 0 aliphatic rings. The monoisotopic (exact) mass is 205 g/mol. The third-order valence-corrected chi connectivity index (χ3v) is 2.42. The molecule has 0 aliphatic heterocycles. The van der Waals surface area contributed by atoms with Gasteiger partial charge in [0.25, 0.3) is 0 Å². The van der Waals surface area contributed by atoms with Crippen molar-refractivity contribution in [2.45, 2.75) is 26.2 Å². The summed E-state index contributed by atoms with van der Waals surface area (Å²) < 4.78 is 0. The predicted molar refractivity (Wildman–Crippen MR) is 64.4 cm³/mol. The normalized spacial score (nSPS) is 10.1. The number of carbonyl (C=O) groups is 1. The molecule has 0 saturated heterocycles. The van der Waals surface area contributed by atoms with E-state index in [4.69, 9.17) is 0 Å². The highest BCUT2D eigenvalue weighted by molar-refractivity contribution is 5.75. The first-order valence-electron chi connectivity index (χ1n) is 5.35. The Bertz CT molecular complexity index is 331. The molecule has 1 aromatic rings. The number of Topliss-reactive ketones (excluding diaryl/α,β-unsaturated/α-hetero) is 1. The van der Waals surface area contributed by atoms with Crippen LogP contribution < -0.4 is 4.90 Å². The molecule has 0 heterocycles. The van der Waals surface area contributed by atoms with Crippen molar-refractivity contribution < 1.29 is 4.79 Å². The van der Waals surface area contributed by atoms with Crippen molar-refractivity contribution in [3.05, 3.63) is 29.8 Å². The second kappa shape index (κ2) is 5.54. The molecular formula is C13H19NO. The van der Waals surface area contributed by atoms with Gasteiger partial charge in [-0.05, 0) is 37.5 Å². The topological polar surface area (TPSA) is 20.3 Å². The second-order valence-corrected chi connectivity index (χ2v) is 4.12.